The molecule has 0 aliphatic rings. The highest BCUT2D eigenvalue weighted by molar-refractivity contribution is 7.09. The second-order valence-corrected chi connectivity index (χ2v) is 8.31. The van der Waals surface area contributed by atoms with Crippen LogP contribution in [0.25, 0.3) is 10.8 Å². The van der Waals surface area contributed by atoms with Crippen LogP contribution in [-0.2, 0) is 16.0 Å². The van der Waals surface area contributed by atoms with E-state index in [1.165, 1.54) is 11.3 Å². The average molecular weight is 456 g/mol. The molecule has 1 N–H and O–H groups in total. The SMILES string of the molecule is COCCCNC(=O)c1csc(CN(CCCOC)C(=O)c2ccc3ccccc3c2)n1. The summed E-state index contributed by atoms with van der Waals surface area (Å²) in [6.45, 7) is 2.57. The van der Waals surface area contributed by atoms with Crippen molar-refractivity contribution >= 4 is 33.9 Å². The number of aromatic nitrogens is 1. The summed E-state index contributed by atoms with van der Waals surface area (Å²) in [4.78, 5) is 31.8. The van der Waals surface area contributed by atoms with Crippen molar-refractivity contribution in [2.24, 2.45) is 0 Å². The van der Waals surface area contributed by atoms with Crippen molar-refractivity contribution in [1.82, 2.24) is 15.2 Å². The molecule has 0 unspecified atom stereocenters. The first-order valence-corrected chi connectivity index (χ1v) is 11.5. The van der Waals surface area contributed by atoms with Crippen LogP contribution in [0.1, 0.15) is 38.7 Å². The molecular weight excluding hydrogens is 426 g/mol. The highest BCUT2D eigenvalue weighted by atomic mass is 32.1. The zero-order valence-electron chi connectivity index (χ0n) is 18.5. The number of rotatable bonds is 12. The van der Waals surface area contributed by atoms with Gasteiger partial charge in [-0.1, -0.05) is 30.3 Å². The van der Waals surface area contributed by atoms with Gasteiger partial charge in [-0.15, -0.1) is 11.3 Å². The van der Waals surface area contributed by atoms with Gasteiger partial charge in [-0.2, -0.15) is 0 Å². The van der Waals surface area contributed by atoms with Gasteiger partial charge in [0.1, 0.15) is 10.7 Å². The first-order chi connectivity index (χ1) is 15.6. The van der Waals surface area contributed by atoms with Gasteiger partial charge in [0, 0.05) is 51.5 Å². The molecule has 32 heavy (non-hydrogen) atoms. The molecule has 3 aromatic rings. The number of carbonyl (C=O) groups excluding carboxylic acids is 2. The molecule has 1 aromatic heterocycles. The molecule has 1 heterocycles. The van der Waals surface area contributed by atoms with E-state index in [9.17, 15) is 9.59 Å². The number of ether oxygens (including phenoxy) is 2. The van der Waals surface area contributed by atoms with Gasteiger partial charge < -0.3 is 19.7 Å². The Kier molecular flexibility index (Phi) is 9.15. The highest BCUT2D eigenvalue weighted by Gasteiger charge is 2.19. The van der Waals surface area contributed by atoms with Crippen molar-refractivity contribution in [3.8, 4) is 0 Å². The Bertz CT molecular complexity index is 1040. The number of amides is 2. The Hall–Kier alpha value is -2.81. The standard InChI is InChI=1S/C24H29N3O4S/c1-30-13-5-11-25-23(28)21-17-32-22(26-21)16-27(12-6-14-31-2)24(29)20-10-9-18-7-3-4-8-19(18)15-20/h3-4,7-10,15,17H,5-6,11-14,16H2,1-2H3,(H,25,28). The fourth-order valence-electron chi connectivity index (χ4n) is 3.32. The molecule has 0 spiro atoms. The van der Waals surface area contributed by atoms with Crippen LogP contribution in [0, 0.1) is 0 Å². The van der Waals surface area contributed by atoms with E-state index in [2.05, 4.69) is 10.3 Å². The molecule has 7 nitrogen and oxygen atoms in total. The van der Waals surface area contributed by atoms with Crippen LogP contribution >= 0.6 is 11.3 Å². The number of hydrogen-bond donors (Lipinski definition) is 1. The Morgan fingerprint density at radius 2 is 1.78 bits per heavy atom. The lowest BCUT2D eigenvalue weighted by molar-refractivity contribution is 0.0723. The Balaban J connectivity index is 1.70. The van der Waals surface area contributed by atoms with E-state index < -0.39 is 0 Å². The normalized spacial score (nSPS) is 10.9. The van der Waals surface area contributed by atoms with Crippen molar-refractivity contribution in [2.45, 2.75) is 19.4 Å². The number of nitrogens with one attached hydrogen (secondary N) is 1. The molecule has 0 saturated heterocycles. The maximum absolute atomic E-state index is 13.3. The summed E-state index contributed by atoms with van der Waals surface area (Å²) < 4.78 is 10.2. The minimum atomic E-state index is -0.213. The van der Waals surface area contributed by atoms with Gasteiger partial charge in [0.15, 0.2) is 0 Å². The van der Waals surface area contributed by atoms with Crippen LogP contribution in [0.4, 0.5) is 0 Å². The van der Waals surface area contributed by atoms with Gasteiger partial charge in [0.25, 0.3) is 11.8 Å². The third-order valence-corrected chi connectivity index (χ3v) is 5.81. The number of methoxy groups -OCH3 is 2. The lowest BCUT2D eigenvalue weighted by atomic mass is 10.1. The summed E-state index contributed by atoms with van der Waals surface area (Å²) in [5.74, 6) is -0.275. The van der Waals surface area contributed by atoms with Gasteiger partial charge in [0.2, 0.25) is 0 Å². The van der Waals surface area contributed by atoms with E-state index >= 15 is 0 Å². The molecule has 170 valence electrons. The summed E-state index contributed by atoms with van der Waals surface area (Å²) >= 11 is 1.38. The molecule has 0 saturated carbocycles. The summed E-state index contributed by atoms with van der Waals surface area (Å²) in [5, 5.41) is 7.41. The number of benzene rings is 2. The quantitative estimate of drug-likeness (QED) is 0.421. The van der Waals surface area contributed by atoms with Crippen molar-refractivity contribution in [3.63, 3.8) is 0 Å². The number of fused-ring (bicyclic) bond motifs is 1. The summed E-state index contributed by atoms with van der Waals surface area (Å²) in [7, 11) is 3.28. The zero-order valence-corrected chi connectivity index (χ0v) is 19.3. The summed E-state index contributed by atoms with van der Waals surface area (Å²) in [6.07, 6.45) is 1.46. The van der Waals surface area contributed by atoms with Crippen LogP contribution in [0.3, 0.4) is 0 Å². The Morgan fingerprint density at radius 3 is 2.56 bits per heavy atom. The highest BCUT2D eigenvalue weighted by Crippen LogP contribution is 2.19. The molecule has 0 atom stereocenters. The third-order valence-electron chi connectivity index (χ3n) is 4.98. The first-order valence-electron chi connectivity index (χ1n) is 10.6. The van der Waals surface area contributed by atoms with Gasteiger partial charge >= 0.3 is 0 Å². The van der Waals surface area contributed by atoms with E-state index in [0.717, 1.165) is 22.2 Å². The number of nitrogens with zero attached hydrogens (tertiary/aromatic N) is 2. The van der Waals surface area contributed by atoms with E-state index in [1.807, 2.05) is 42.5 Å². The lowest BCUT2D eigenvalue weighted by Crippen LogP contribution is -2.32. The van der Waals surface area contributed by atoms with Crippen molar-refractivity contribution in [1.29, 1.82) is 0 Å². The molecule has 0 bridgehead atoms. The summed E-state index contributed by atoms with van der Waals surface area (Å²) in [5.41, 5.74) is 1.01. The molecule has 0 radical (unpaired) electrons. The van der Waals surface area contributed by atoms with E-state index in [1.54, 1.807) is 24.5 Å². The molecule has 2 amide bonds. The van der Waals surface area contributed by atoms with E-state index in [0.29, 0.717) is 50.5 Å². The van der Waals surface area contributed by atoms with Gasteiger partial charge in [-0.25, -0.2) is 4.98 Å². The molecule has 0 aliphatic carbocycles. The molecule has 0 aliphatic heterocycles. The fourth-order valence-corrected chi connectivity index (χ4v) is 4.11. The molecule has 3 rings (SSSR count). The van der Waals surface area contributed by atoms with Crippen molar-refractivity contribution in [2.75, 3.05) is 40.5 Å². The molecular formula is C24H29N3O4S. The Morgan fingerprint density at radius 1 is 1.03 bits per heavy atom. The van der Waals surface area contributed by atoms with Gasteiger partial charge in [0.05, 0.1) is 6.54 Å². The van der Waals surface area contributed by atoms with E-state index in [4.69, 9.17) is 9.47 Å². The molecule has 8 heteroatoms. The minimum absolute atomic E-state index is 0.0624. The van der Waals surface area contributed by atoms with Crippen LogP contribution in [0.2, 0.25) is 0 Å². The van der Waals surface area contributed by atoms with Gasteiger partial charge in [-0.05, 0) is 35.7 Å². The van der Waals surface area contributed by atoms with Crippen LogP contribution < -0.4 is 5.32 Å². The van der Waals surface area contributed by atoms with Crippen molar-refractivity contribution < 1.29 is 19.1 Å². The van der Waals surface area contributed by atoms with Crippen LogP contribution in [-0.4, -0.2) is 62.2 Å². The predicted octanol–water partition coefficient (Wildman–Crippen LogP) is 3.74. The van der Waals surface area contributed by atoms with Crippen molar-refractivity contribution in [3.05, 3.63) is 64.1 Å². The minimum Gasteiger partial charge on any atom is -0.385 e. The smallest absolute Gasteiger partial charge is 0.270 e. The lowest BCUT2D eigenvalue weighted by Gasteiger charge is -2.22. The number of carbonyl (C=O) groups is 2. The zero-order chi connectivity index (χ0) is 22.8. The topological polar surface area (TPSA) is 80.8 Å². The largest absolute Gasteiger partial charge is 0.385 e. The van der Waals surface area contributed by atoms with E-state index in [-0.39, 0.29) is 11.8 Å². The van der Waals surface area contributed by atoms with Gasteiger partial charge in [-0.3, -0.25) is 9.59 Å². The molecule has 0 fully saturated rings. The number of hydrogen-bond acceptors (Lipinski definition) is 6. The number of thiazole rings is 1. The predicted molar refractivity (Wildman–Crippen MR) is 126 cm³/mol. The van der Waals surface area contributed by atoms with Crippen LogP contribution in [0.5, 0.6) is 0 Å². The Labute approximate surface area is 192 Å². The monoisotopic (exact) mass is 455 g/mol. The first kappa shape index (κ1) is 23.8. The average Bonchev–Trinajstić information content (AvgIpc) is 3.29. The second-order valence-electron chi connectivity index (χ2n) is 7.36. The maximum atomic E-state index is 13.3. The third kappa shape index (κ3) is 6.59. The maximum Gasteiger partial charge on any atom is 0.270 e. The molecule has 2 aromatic carbocycles. The second kappa shape index (κ2) is 12.3. The van der Waals surface area contributed by atoms with Crippen LogP contribution in [0.15, 0.2) is 47.8 Å². The fraction of sp³-hybridized carbons (Fsp3) is 0.375. The summed E-state index contributed by atoms with van der Waals surface area (Å²) in [6, 6.07) is 13.7.